The maximum absolute atomic E-state index is 9.13. The lowest BCUT2D eigenvalue weighted by atomic mass is 10.2. The van der Waals surface area contributed by atoms with Crippen molar-refractivity contribution in [2.24, 2.45) is 0 Å². The molecular formula is C15H21NO6. The second-order valence-corrected chi connectivity index (χ2v) is 4.07. The van der Waals surface area contributed by atoms with Gasteiger partial charge in [0.15, 0.2) is 25.1 Å². The molecule has 7 nitrogen and oxygen atoms in total. The molecule has 22 heavy (non-hydrogen) atoms. The molecule has 0 fully saturated rings. The van der Waals surface area contributed by atoms with E-state index >= 15 is 0 Å². The molecule has 0 saturated carbocycles. The molecule has 122 valence electrons. The van der Waals surface area contributed by atoms with Crippen LogP contribution in [0.1, 0.15) is 5.56 Å². The van der Waals surface area contributed by atoms with Crippen LogP contribution in [0.25, 0.3) is 0 Å². The van der Waals surface area contributed by atoms with Crippen molar-refractivity contribution in [3.05, 3.63) is 23.8 Å². The lowest BCUT2D eigenvalue weighted by Crippen LogP contribution is -2.11. The van der Waals surface area contributed by atoms with Gasteiger partial charge in [0.1, 0.15) is 6.07 Å². The molecule has 1 rings (SSSR count). The lowest BCUT2D eigenvalue weighted by molar-refractivity contribution is -0.0208. The van der Waals surface area contributed by atoms with Crippen molar-refractivity contribution in [2.75, 3.05) is 54.2 Å². The van der Waals surface area contributed by atoms with Gasteiger partial charge in [-0.3, -0.25) is 0 Å². The van der Waals surface area contributed by atoms with Crippen molar-refractivity contribution < 1.29 is 28.4 Å². The molecule has 0 N–H and O–H groups in total. The van der Waals surface area contributed by atoms with Crippen molar-refractivity contribution in [3.63, 3.8) is 0 Å². The van der Waals surface area contributed by atoms with E-state index in [2.05, 4.69) is 6.07 Å². The minimum absolute atomic E-state index is 0.00292. The van der Waals surface area contributed by atoms with Gasteiger partial charge in [-0.1, -0.05) is 6.07 Å². The van der Waals surface area contributed by atoms with Crippen LogP contribution < -0.4 is 9.47 Å². The summed E-state index contributed by atoms with van der Waals surface area (Å²) in [6.45, 7) is 1.83. The first-order valence-corrected chi connectivity index (χ1v) is 6.75. The highest BCUT2D eigenvalue weighted by atomic mass is 16.7. The summed E-state index contributed by atoms with van der Waals surface area (Å²) in [5.41, 5.74) is 0.365. The van der Waals surface area contributed by atoms with E-state index in [4.69, 9.17) is 33.7 Å². The van der Waals surface area contributed by atoms with Crippen LogP contribution in [-0.4, -0.2) is 54.2 Å². The number of nitriles is 1. The van der Waals surface area contributed by atoms with Crippen LogP contribution in [0.15, 0.2) is 18.2 Å². The molecule has 1 aromatic carbocycles. The SMILES string of the molecule is COCCOCOc1cccc(C#N)c1OCOCCOC. The minimum Gasteiger partial charge on any atom is -0.464 e. The molecule has 0 aliphatic rings. The third-order valence-corrected chi connectivity index (χ3v) is 2.55. The second-order valence-electron chi connectivity index (χ2n) is 4.07. The Morgan fingerprint density at radius 2 is 1.55 bits per heavy atom. The van der Waals surface area contributed by atoms with Gasteiger partial charge >= 0.3 is 0 Å². The first-order chi connectivity index (χ1) is 10.8. The van der Waals surface area contributed by atoms with Crippen molar-refractivity contribution in [3.8, 4) is 17.6 Å². The topological polar surface area (TPSA) is 79.2 Å². The van der Waals surface area contributed by atoms with Crippen molar-refractivity contribution in [1.29, 1.82) is 5.26 Å². The van der Waals surface area contributed by atoms with Crippen LogP contribution in [0.2, 0.25) is 0 Å². The van der Waals surface area contributed by atoms with Gasteiger partial charge in [-0.15, -0.1) is 0 Å². The molecule has 0 aromatic heterocycles. The predicted octanol–water partition coefficient (Wildman–Crippen LogP) is 1.56. The number of ether oxygens (including phenoxy) is 6. The van der Waals surface area contributed by atoms with E-state index in [1.807, 2.05) is 0 Å². The Bertz CT molecular complexity index is 460. The number of hydrogen-bond donors (Lipinski definition) is 0. The van der Waals surface area contributed by atoms with Crippen LogP contribution in [0.3, 0.4) is 0 Å². The van der Waals surface area contributed by atoms with E-state index < -0.39 is 0 Å². The standard InChI is InChI=1S/C15H21NO6/c1-17-6-8-19-11-21-14-5-3-4-13(10-16)15(14)22-12-20-9-7-18-2/h3-5H,6-9,11-12H2,1-2H3. The third-order valence-electron chi connectivity index (χ3n) is 2.55. The van der Waals surface area contributed by atoms with Crippen LogP contribution in [-0.2, 0) is 18.9 Å². The number of para-hydroxylation sites is 1. The van der Waals surface area contributed by atoms with Gasteiger partial charge in [-0.25, -0.2) is 0 Å². The smallest absolute Gasteiger partial charge is 0.189 e. The Morgan fingerprint density at radius 3 is 2.14 bits per heavy atom. The van der Waals surface area contributed by atoms with Crippen molar-refractivity contribution in [1.82, 2.24) is 0 Å². The third kappa shape index (κ3) is 6.74. The van der Waals surface area contributed by atoms with Crippen LogP contribution in [0.5, 0.6) is 11.5 Å². The molecule has 0 aliphatic carbocycles. The molecule has 1 aromatic rings. The van der Waals surface area contributed by atoms with Gasteiger partial charge in [0.25, 0.3) is 0 Å². The molecule has 0 spiro atoms. The predicted molar refractivity (Wildman–Crippen MR) is 77.8 cm³/mol. The maximum atomic E-state index is 9.13. The average molecular weight is 311 g/mol. The maximum Gasteiger partial charge on any atom is 0.189 e. The molecule has 0 radical (unpaired) electrons. The van der Waals surface area contributed by atoms with E-state index in [-0.39, 0.29) is 13.6 Å². The number of rotatable bonds is 12. The van der Waals surface area contributed by atoms with Crippen molar-refractivity contribution >= 4 is 0 Å². The molecular weight excluding hydrogens is 290 g/mol. The normalized spacial score (nSPS) is 10.2. The highest BCUT2D eigenvalue weighted by molar-refractivity contribution is 5.52. The second kappa shape index (κ2) is 11.8. The van der Waals surface area contributed by atoms with Crippen LogP contribution >= 0.6 is 0 Å². The zero-order valence-electron chi connectivity index (χ0n) is 12.9. The average Bonchev–Trinajstić information content (AvgIpc) is 2.55. The number of nitrogens with zero attached hydrogens (tertiary/aromatic N) is 1. The summed E-state index contributed by atoms with van der Waals surface area (Å²) in [6.07, 6.45) is 0. The number of benzene rings is 1. The Labute approximate surface area is 130 Å². The van der Waals surface area contributed by atoms with E-state index in [9.17, 15) is 0 Å². The van der Waals surface area contributed by atoms with Gasteiger partial charge in [0.2, 0.25) is 0 Å². The summed E-state index contributed by atoms with van der Waals surface area (Å²) < 4.78 is 31.1. The Morgan fingerprint density at radius 1 is 0.909 bits per heavy atom. The van der Waals surface area contributed by atoms with Crippen molar-refractivity contribution in [2.45, 2.75) is 0 Å². The Balaban J connectivity index is 2.53. The van der Waals surface area contributed by atoms with Gasteiger partial charge in [0.05, 0.1) is 32.0 Å². The quantitative estimate of drug-likeness (QED) is 0.428. The summed E-state index contributed by atoms with van der Waals surface area (Å²) in [4.78, 5) is 0. The fourth-order valence-corrected chi connectivity index (χ4v) is 1.47. The number of hydrogen-bond acceptors (Lipinski definition) is 7. The molecule has 0 atom stereocenters. The van der Waals surface area contributed by atoms with Gasteiger partial charge in [0, 0.05) is 14.2 Å². The molecule has 0 amide bonds. The van der Waals surface area contributed by atoms with Crippen LogP contribution in [0, 0.1) is 11.3 Å². The van der Waals surface area contributed by atoms with E-state index in [1.165, 1.54) is 0 Å². The van der Waals surface area contributed by atoms with E-state index in [0.29, 0.717) is 43.5 Å². The largest absolute Gasteiger partial charge is 0.464 e. The zero-order chi connectivity index (χ0) is 16.0. The number of methoxy groups -OCH3 is 2. The summed E-state index contributed by atoms with van der Waals surface area (Å²) in [5.74, 6) is 0.754. The minimum atomic E-state index is 0.00292. The van der Waals surface area contributed by atoms with E-state index in [0.717, 1.165) is 0 Å². The Hall–Kier alpha value is -1.85. The van der Waals surface area contributed by atoms with E-state index in [1.54, 1.807) is 32.4 Å². The highest BCUT2D eigenvalue weighted by Crippen LogP contribution is 2.30. The molecule has 0 bridgehead atoms. The highest BCUT2D eigenvalue weighted by Gasteiger charge is 2.11. The summed E-state index contributed by atoms with van der Waals surface area (Å²) in [5, 5.41) is 9.13. The Kier molecular flexibility index (Phi) is 9.74. The molecule has 0 unspecified atom stereocenters. The summed E-state index contributed by atoms with van der Waals surface area (Å²) >= 11 is 0. The molecule has 7 heteroatoms. The first-order valence-electron chi connectivity index (χ1n) is 6.75. The zero-order valence-corrected chi connectivity index (χ0v) is 12.9. The van der Waals surface area contributed by atoms with Gasteiger partial charge in [-0.05, 0) is 12.1 Å². The van der Waals surface area contributed by atoms with Crippen LogP contribution in [0.4, 0.5) is 0 Å². The molecule has 0 saturated heterocycles. The summed E-state index contributed by atoms with van der Waals surface area (Å²) in [7, 11) is 3.18. The van der Waals surface area contributed by atoms with Gasteiger partial charge < -0.3 is 28.4 Å². The monoisotopic (exact) mass is 311 g/mol. The fourth-order valence-electron chi connectivity index (χ4n) is 1.47. The molecule has 0 aliphatic heterocycles. The molecule has 0 heterocycles. The first kappa shape index (κ1) is 18.2. The summed E-state index contributed by atoms with van der Waals surface area (Å²) in [6, 6.07) is 7.10. The van der Waals surface area contributed by atoms with Gasteiger partial charge in [-0.2, -0.15) is 5.26 Å². The lowest BCUT2D eigenvalue weighted by Gasteiger charge is -2.14. The fraction of sp³-hybridized carbons (Fsp3) is 0.533.